The van der Waals surface area contributed by atoms with E-state index in [0.29, 0.717) is 11.4 Å². The van der Waals surface area contributed by atoms with Crippen molar-refractivity contribution in [1.29, 1.82) is 0 Å². The maximum atomic E-state index is 13.2. The lowest BCUT2D eigenvalue weighted by Gasteiger charge is -2.15. The summed E-state index contributed by atoms with van der Waals surface area (Å²) >= 11 is 0. The lowest BCUT2D eigenvalue weighted by atomic mass is 10.1. The largest absolute Gasteiger partial charge is 0.431 e. The molecule has 0 bridgehead atoms. The van der Waals surface area contributed by atoms with Gasteiger partial charge in [-0.1, -0.05) is 48.5 Å². The highest BCUT2D eigenvalue weighted by Gasteiger charge is 2.35. The zero-order valence-electron chi connectivity index (χ0n) is 11.0. The van der Waals surface area contributed by atoms with Crippen LogP contribution in [0.5, 0.6) is 0 Å². The first-order valence-corrected chi connectivity index (χ1v) is 6.47. The summed E-state index contributed by atoms with van der Waals surface area (Å²) < 4.78 is 41.0. The molecule has 1 aromatic heterocycles. The summed E-state index contributed by atoms with van der Waals surface area (Å²) in [7, 11) is 0. The van der Waals surface area contributed by atoms with Crippen molar-refractivity contribution in [2.24, 2.45) is 0 Å². The first-order chi connectivity index (χ1) is 10.1. The van der Waals surface area contributed by atoms with Gasteiger partial charge < -0.3 is 4.57 Å². The van der Waals surface area contributed by atoms with E-state index >= 15 is 0 Å². The Balaban J connectivity index is 2.26. The van der Waals surface area contributed by atoms with Crippen LogP contribution in [-0.4, -0.2) is 4.57 Å². The second-order valence-electron chi connectivity index (χ2n) is 4.64. The average molecular weight is 287 g/mol. The summed E-state index contributed by atoms with van der Waals surface area (Å²) in [5, 5.41) is 0. The minimum atomic E-state index is -4.40. The van der Waals surface area contributed by atoms with Crippen molar-refractivity contribution >= 4 is 0 Å². The van der Waals surface area contributed by atoms with E-state index in [1.807, 2.05) is 18.2 Å². The Morgan fingerprint density at radius 3 is 1.81 bits per heavy atom. The van der Waals surface area contributed by atoms with Gasteiger partial charge in [-0.15, -0.1) is 0 Å². The summed E-state index contributed by atoms with van der Waals surface area (Å²) in [5.74, 6) is 0. The molecule has 0 radical (unpaired) electrons. The molecule has 0 amide bonds. The number of halogens is 3. The molecule has 2 aromatic carbocycles. The maximum Gasteiger partial charge on any atom is 0.431 e. The van der Waals surface area contributed by atoms with E-state index in [1.54, 1.807) is 42.5 Å². The number of benzene rings is 2. The molecule has 0 N–H and O–H groups in total. The molecule has 0 aliphatic rings. The van der Waals surface area contributed by atoms with Gasteiger partial charge in [-0.3, -0.25) is 0 Å². The van der Waals surface area contributed by atoms with Crippen molar-refractivity contribution in [2.75, 3.05) is 0 Å². The second-order valence-corrected chi connectivity index (χ2v) is 4.64. The van der Waals surface area contributed by atoms with Crippen LogP contribution in [0.3, 0.4) is 0 Å². The topological polar surface area (TPSA) is 4.93 Å². The van der Waals surface area contributed by atoms with Crippen LogP contribution >= 0.6 is 0 Å². The third kappa shape index (κ3) is 2.57. The standard InChI is InChI=1S/C17H12F3N/c18-17(19,20)16-12-11-15(13-7-3-1-4-8-13)21(16)14-9-5-2-6-10-14/h1-12H. The predicted molar refractivity (Wildman–Crippen MR) is 76.2 cm³/mol. The fourth-order valence-corrected chi connectivity index (χ4v) is 2.35. The molecule has 21 heavy (non-hydrogen) atoms. The van der Waals surface area contributed by atoms with Crippen molar-refractivity contribution in [3.63, 3.8) is 0 Å². The van der Waals surface area contributed by atoms with Crippen molar-refractivity contribution in [2.45, 2.75) is 6.18 Å². The van der Waals surface area contributed by atoms with E-state index in [9.17, 15) is 13.2 Å². The molecular weight excluding hydrogens is 275 g/mol. The van der Waals surface area contributed by atoms with Gasteiger partial charge >= 0.3 is 6.18 Å². The molecule has 0 atom stereocenters. The van der Waals surface area contributed by atoms with Crippen LogP contribution in [-0.2, 0) is 6.18 Å². The molecule has 0 saturated heterocycles. The normalized spacial score (nSPS) is 11.6. The SMILES string of the molecule is FC(F)(F)c1ccc(-c2ccccc2)n1-c1ccccc1. The minimum Gasteiger partial charge on any atom is -0.305 e. The molecule has 1 heterocycles. The first kappa shape index (κ1) is 13.5. The fraction of sp³-hybridized carbons (Fsp3) is 0.0588. The van der Waals surface area contributed by atoms with Gasteiger partial charge in [-0.25, -0.2) is 0 Å². The molecule has 0 unspecified atom stereocenters. The minimum absolute atomic E-state index is 0.494. The Kier molecular flexibility index (Phi) is 3.29. The molecule has 0 aliphatic heterocycles. The highest BCUT2D eigenvalue weighted by molar-refractivity contribution is 5.64. The van der Waals surface area contributed by atoms with Crippen LogP contribution in [0.2, 0.25) is 0 Å². The third-order valence-electron chi connectivity index (χ3n) is 3.26. The Labute approximate surface area is 120 Å². The van der Waals surface area contributed by atoms with E-state index in [0.717, 1.165) is 11.6 Å². The molecule has 1 nitrogen and oxygen atoms in total. The number of rotatable bonds is 2. The van der Waals surface area contributed by atoms with Gasteiger partial charge in [-0.05, 0) is 29.8 Å². The van der Waals surface area contributed by atoms with Crippen molar-refractivity contribution in [3.8, 4) is 16.9 Å². The number of alkyl halides is 3. The third-order valence-corrected chi connectivity index (χ3v) is 3.26. The fourth-order valence-electron chi connectivity index (χ4n) is 2.35. The zero-order valence-corrected chi connectivity index (χ0v) is 11.0. The molecule has 4 heteroatoms. The summed E-state index contributed by atoms with van der Waals surface area (Å²) in [5.41, 5.74) is 1.09. The van der Waals surface area contributed by atoms with Gasteiger partial charge in [0.1, 0.15) is 5.69 Å². The molecule has 0 fully saturated rings. The van der Waals surface area contributed by atoms with Crippen LogP contribution < -0.4 is 0 Å². The van der Waals surface area contributed by atoms with Gasteiger partial charge in [0.2, 0.25) is 0 Å². The number of hydrogen-bond donors (Lipinski definition) is 0. The van der Waals surface area contributed by atoms with E-state index in [-0.39, 0.29) is 0 Å². The molecule has 0 aliphatic carbocycles. The first-order valence-electron chi connectivity index (χ1n) is 6.47. The molecule has 0 spiro atoms. The monoisotopic (exact) mass is 287 g/mol. The van der Waals surface area contributed by atoms with Crippen molar-refractivity contribution < 1.29 is 13.2 Å². The molecule has 0 saturated carbocycles. The highest BCUT2D eigenvalue weighted by Crippen LogP contribution is 2.36. The maximum absolute atomic E-state index is 13.2. The number of hydrogen-bond acceptors (Lipinski definition) is 0. The number of para-hydroxylation sites is 1. The van der Waals surface area contributed by atoms with Crippen LogP contribution in [0.4, 0.5) is 13.2 Å². The summed E-state index contributed by atoms with van der Waals surface area (Å²) in [4.78, 5) is 0. The second kappa shape index (κ2) is 5.13. The zero-order chi connectivity index (χ0) is 14.9. The van der Waals surface area contributed by atoms with Gasteiger partial charge in [0, 0.05) is 5.69 Å². The summed E-state index contributed by atoms with van der Waals surface area (Å²) in [6, 6.07) is 20.3. The Morgan fingerprint density at radius 1 is 0.667 bits per heavy atom. The smallest absolute Gasteiger partial charge is 0.305 e. The Morgan fingerprint density at radius 2 is 1.24 bits per heavy atom. The van der Waals surface area contributed by atoms with E-state index < -0.39 is 11.9 Å². The quantitative estimate of drug-likeness (QED) is 0.613. The molecule has 106 valence electrons. The Hall–Kier alpha value is -2.49. The van der Waals surface area contributed by atoms with Gasteiger partial charge in [0.15, 0.2) is 0 Å². The van der Waals surface area contributed by atoms with Gasteiger partial charge in [0.25, 0.3) is 0 Å². The van der Waals surface area contributed by atoms with Gasteiger partial charge in [-0.2, -0.15) is 13.2 Å². The Bertz CT molecular complexity index is 728. The lowest BCUT2D eigenvalue weighted by molar-refractivity contribution is -0.142. The van der Waals surface area contributed by atoms with E-state index in [2.05, 4.69) is 0 Å². The van der Waals surface area contributed by atoms with Gasteiger partial charge in [0.05, 0.1) is 5.69 Å². The van der Waals surface area contributed by atoms with Crippen LogP contribution in [0.25, 0.3) is 16.9 Å². The van der Waals surface area contributed by atoms with Crippen LogP contribution in [0.1, 0.15) is 5.69 Å². The van der Waals surface area contributed by atoms with Crippen LogP contribution in [0.15, 0.2) is 72.8 Å². The molecular formula is C17H12F3N. The summed E-state index contributed by atoms with van der Waals surface area (Å²) in [6.07, 6.45) is -4.40. The summed E-state index contributed by atoms with van der Waals surface area (Å²) in [6.45, 7) is 0. The molecule has 3 rings (SSSR count). The highest BCUT2D eigenvalue weighted by atomic mass is 19.4. The molecule has 3 aromatic rings. The van der Waals surface area contributed by atoms with Crippen LogP contribution in [0, 0.1) is 0 Å². The van der Waals surface area contributed by atoms with Crippen molar-refractivity contribution in [1.82, 2.24) is 4.57 Å². The number of nitrogens with zero attached hydrogens (tertiary/aromatic N) is 1. The predicted octanol–water partition coefficient (Wildman–Crippen LogP) is 5.16. The number of aromatic nitrogens is 1. The lowest BCUT2D eigenvalue weighted by Crippen LogP contribution is -2.12. The average Bonchev–Trinajstić information content (AvgIpc) is 2.94. The van der Waals surface area contributed by atoms with E-state index in [4.69, 9.17) is 0 Å². The van der Waals surface area contributed by atoms with Crippen molar-refractivity contribution in [3.05, 3.63) is 78.5 Å². The van der Waals surface area contributed by atoms with E-state index in [1.165, 1.54) is 10.6 Å².